The summed E-state index contributed by atoms with van der Waals surface area (Å²) in [7, 11) is 1.69. The molecule has 0 unspecified atom stereocenters. The highest BCUT2D eigenvalue weighted by atomic mass is 19.4. The summed E-state index contributed by atoms with van der Waals surface area (Å²) in [6.07, 6.45) is -3.13. The van der Waals surface area contributed by atoms with Crippen LogP contribution in [0, 0.1) is 5.92 Å². The second-order valence-electron chi connectivity index (χ2n) is 4.83. The van der Waals surface area contributed by atoms with E-state index < -0.39 is 17.6 Å². The summed E-state index contributed by atoms with van der Waals surface area (Å²) in [4.78, 5) is 11.5. The van der Waals surface area contributed by atoms with Crippen molar-refractivity contribution in [1.29, 1.82) is 0 Å². The van der Waals surface area contributed by atoms with E-state index in [2.05, 4.69) is 5.32 Å². The van der Waals surface area contributed by atoms with Crippen LogP contribution in [0.15, 0.2) is 0 Å². The molecule has 1 saturated carbocycles. The molecule has 0 saturated heterocycles. The van der Waals surface area contributed by atoms with Crippen LogP contribution >= 0.6 is 0 Å². The first-order valence-corrected chi connectivity index (χ1v) is 6.24. The van der Waals surface area contributed by atoms with Gasteiger partial charge in [0.15, 0.2) is 0 Å². The van der Waals surface area contributed by atoms with E-state index >= 15 is 0 Å². The van der Waals surface area contributed by atoms with E-state index in [1.165, 1.54) is 0 Å². The molecule has 0 aliphatic heterocycles. The van der Waals surface area contributed by atoms with Crippen molar-refractivity contribution in [3.63, 3.8) is 0 Å². The third kappa shape index (κ3) is 3.86. The fraction of sp³-hybridized carbons (Fsp3) is 0.917. The number of rotatable bonds is 4. The average Bonchev–Trinajstić information content (AvgIpc) is 2.28. The zero-order valence-electron chi connectivity index (χ0n) is 10.8. The summed E-state index contributed by atoms with van der Waals surface area (Å²) in [5.41, 5.74) is -0.534. The van der Waals surface area contributed by atoms with Gasteiger partial charge in [0.05, 0.1) is 18.9 Å². The molecule has 106 valence electrons. The fourth-order valence-electron chi connectivity index (χ4n) is 2.50. The number of nitrogens with one attached hydrogen (secondary N) is 1. The van der Waals surface area contributed by atoms with Crippen molar-refractivity contribution < 1.29 is 22.7 Å². The van der Waals surface area contributed by atoms with Crippen LogP contribution in [0.1, 0.15) is 39.0 Å². The second kappa shape index (κ2) is 5.91. The Morgan fingerprint density at radius 2 is 1.94 bits per heavy atom. The number of carbonyl (C=O) groups excluding carboxylic acids is 1. The molecule has 18 heavy (non-hydrogen) atoms. The van der Waals surface area contributed by atoms with E-state index in [0.29, 0.717) is 19.4 Å². The molecule has 0 bridgehead atoms. The zero-order chi connectivity index (χ0) is 13.8. The van der Waals surface area contributed by atoms with Crippen molar-refractivity contribution in [2.45, 2.75) is 50.7 Å². The van der Waals surface area contributed by atoms with Crippen LogP contribution in [0.2, 0.25) is 0 Å². The highest BCUT2D eigenvalue weighted by Crippen LogP contribution is 2.42. The normalized spacial score (nSPS) is 29.1. The van der Waals surface area contributed by atoms with Gasteiger partial charge in [0.1, 0.15) is 0 Å². The number of alkyl halides is 3. The van der Waals surface area contributed by atoms with Crippen molar-refractivity contribution in [1.82, 2.24) is 5.32 Å². The predicted octanol–water partition coefficient (Wildman–Crippen LogP) is 2.65. The number of hydrogen-bond acceptors (Lipinski definition) is 3. The van der Waals surface area contributed by atoms with Gasteiger partial charge in [-0.2, -0.15) is 13.2 Å². The summed E-state index contributed by atoms with van der Waals surface area (Å²) >= 11 is 0. The fourth-order valence-corrected chi connectivity index (χ4v) is 2.50. The van der Waals surface area contributed by atoms with Crippen molar-refractivity contribution in [3.05, 3.63) is 0 Å². The molecule has 0 aromatic carbocycles. The van der Waals surface area contributed by atoms with Gasteiger partial charge < -0.3 is 10.1 Å². The smallest absolute Gasteiger partial charge is 0.391 e. The van der Waals surface area contributed by atoms with Crippen molar-refractivity contribution >= 4 is 5.97 Å². The van der Waals surface area contributed by atoms with Gasteiger partial charge in [0.2, 0.25) is 0 Å². The topological polar surface area (TPSA) is 38.3 Å². The Kier molecular flexibility index (Phi) is 5.01. The van der Waals surface area contributed by atoms with Crippen LogP contribution in [0.25, 0.3) is 0 Å². The Balaban J connectivity index is 2.57. The molecule has 0 atom stereocenters. The average molecular weight is 267 g/mol. The molecule has 0 aromatic heterocycles. The van der Waals surface area contributed by atoms with E-state index in [1.807, 2.05) is 0 Å². The third-order valence-electron chi connectivity index (χ3n) is 3.72. The van der Waals surface area contributed by atoms with E-state index in [4.69, 9.17) is 4.74 Å². The molecule has 0 amide bonds. The van der Waals surface area contributed by atoms with Crippen LogP contribution in [-0.4, -0.2) is 31.3 Å². The number of ether oxygens (including phenoxy) is 1. The summed E-state index contributed by atoms with van der Waals surface area (Å²) in [5, 5.41) is 3.01. The first-order valence-electron chi connectivity index (χ1n) is 6.24. The maximum absolute atomic E-state index is 12.6. The van der Waals surface area contributed by atoms with Crippen LogP contribution in [-0.2, 0) is 9.53 Å². The third-order valence-corrected chi connectivity index (χ3v) is 3.72. The lowest BCUT2D eigenvalue weighted by atomic mass is 9.74. The minimum absolute atomic E-state index is 0.0732. The Morgan fingerprint density at radius 3 is 2.33 bits per heavy atom. The highest BCUT2D eigenvalue weighted by molar-refractivity contribution is 5.70. The van der Waals surface area contributed by atoms with Crippen molar-refractivity contribution in [2.24, 2.45) is 5.92 Å². The Bertz CT molecular complexity index is 284. The molecule has 0 aromatic rings. The van der Waals surface area contributed by atoms with Gasteiger partial charge in [-0.15, -0.1) is 0 Å². The molecule has 3 nitrogen and oxygen atoms in total. The summed E-state index contributed by atoms with van der Waals surface area (Å²) in [6.45, 7) is 2.01. The Morgan fingerprint density at radius 1 is 1.39 bits per heavy atom. The van der Waals surface area contributed by atoms with Crippen LogP contribution < -0.4 is 5.32 Å². The first-order chi connectivity index (χ1) is 8.33. The molecular formula is C12H20F3NO2. The maximum Gasteiger partial charge on any atom is 0.391 e. The summed E-state index contributed by atoms with van der Waals surface area (Å²) in [5.74, 6) is -1.58. The molecule has 1 fully saturated rings. The number of halogens is 3. The van der Waals surface area contributed by atoms with Gasteiger partial charge in [-0.05, 0) is 39.7 Å². The minimum Gasteiger partial charge on any atom is -0.466 e. The first kappa shape index (κ1) is 15.3. The van der Waals surface area contributed by atoms with Gasteiger partial charge >= 0.3 is 12.1 Å². The summed E-state index contributed by atoms with van der Waals surface area (Å²) < 4.78 is 42.6. The molecule has 6 heteroatoms. The van der Waals surface area contributed by atoms with E-state index in [-0.39, 0.29) is 25.2 Å². The standard InChI is InChI=1S/C12H20F3NO2/c1-3-18-10(17)8-11(16-2)6-4-9(5-7-11)12(13,14)15/h9,16H,3-8H2,1-2H3. The molecule has 1 N–H and O–H groups in total. The van der Waals surface area contributed by atoms with E-state index in [9.17, 15) is 18.0 Å². The molecule has 0 heterocycles. The second-order valence-corrected chi connectivity index (χ2v) is 4.83. The Hall–Kier alpha value is -0.780. The van der Waals surface area contributed by atoms with Gasteiger partial charge in [-0.1, -0.05) is 0 Å². The minimum atomic E-state index is -4.12. The summed E-state index contributed by atoms with van der Waals surface area (Å²) in [6, 6.07) is 0. The van der Waals surface area contributed by atoms with Gasteiger partial charge in [0, 0.05) is 5.54 Å². The highest BCUT2D eigenvalue weighted by Gasteiger charge is 2.46. The molecule has 1 rings (SSSR count). The van der Waals surface area contributed by atoms with Crippen LogP contribution in [0.5, 0.6) is 0 Å². The predicted molar refractivity (Wildman–Crippen MR) is 61.1 cm³/mol. The van der Waals surface area contributed by atoms with Gasteiger partial charge in [-0.3, -0.25) is 4.79 Å². The lowest BCUT2D eigenvalue weighted by Gasteiger charge is -2.40. The monoisotopic (exact) mass is 267 g/mol. The van der Waals surface area contributed by atoms with Gasteiger partial charge in [0.25, 0.3) is 0 Å². The lowest BCUT2D eigenvalue weighted by Crippen LogP contribution is -2.49. The SMILES string of the molecule is CCOC(=O)CC1(NC)CCC(C(F)(F)F)CC1. The molecule has 1 aliphatic carbocycles. The largest absolute Gasteiger partial charge is 0.466 e. The quantitative estimate of drug-likeness (QED) is 0.796. The van der Waals surface area contributed by atoms with Crippen LogP contribution in [0.4, 0.5) is 13.2 Å². The van der Waals surface area contributed by atoms with E-state index in [1.54, 1.807) is 14.0 Å². The number of esters is 1. The van der Waals surface area contributed by atoms with E-state index in [0.717, 1.165) is 0 Å². The lowest BCUT2D eigenvalue weighted by molar-refractivity contribution is -0.185. The van der Waals surface area contributed by atoms with Gasteiger partial charge in [-0.25, -0.2) is 0 Å². The molecular weight excluding hydrogens is 247 g/mol. The molecule has 0 radical (unpaired) electrons. The van der Waals surface area contributed by atoms with Crippen molar-refractivity contribution in [3.8, 4) is 0 Å². The molecule has 0 spiro atoms. The van der Waals surface area contributed by atoms with Crippen LogP contribution in [0.3, 0.4) is 0 Å². The number of carbonyl (C=O) groups is 1. The van der Waals surface area contributed by atoms with Crippen molar-refractivity contribution in [2.75, 3.05) is 13.7 Å². The molecule has 1 aliphatic rings. The number of hydrogen-bond donors (Lipinski definition) is 1. The maximum atomic E-state index is 12.6. The Labute approximate surface area is 105 Å². The zero-order valence-corrected chi connectivity index (χ0v) is 10.8.